The predicted molar refractivity (Wildman–Crippen MR) is 80.6 cm³/mol. The normalized spacial score (nSPS) is 18.4. The van der Waals surface area contributed by atoms with Crippen LogP contribution in [-0.4, -0.2) is 22.3 Å². The van der Waals surface area contributed by atoms with Crippen molar-refractivity contribution in [3.63, 3.8) is 0 Å². The lowest BCUT2D eigenvalue weighted by Gasteiger charge is -2.25. The SMILES string of the molecule is O=C(CCc1cccs1)N1CCCC1c1ccncc1. The number of aryl methyl sites for hydroxylation is 1. The van der Waals surface area contributed by atoms with Crippen LogP contribution in [0, 0.1) is 0 Å². The first-order chi connectivity index (χ1) is 9.84. The van der Waals surface area contributed by atoms with E-state index in [9.17, 15) is 4.79 Å². The van der Waals surface area contributed by atoms with Crippen LogP contribution in [0.25, 0.3) is 0 Å². The zero-order valence-electron chi connectivity index (χ0n) is 11.4. The van der Waals surface area contributed by atoms with Gasteiger partial charge in [-0.1, -0.05) is 6.07 Å². The van der Waals surface area contributed by atoms with Crippen molar-refractivity contribution in [2.45, 2.75) is 31.7 Å². The molecule has 1 atom stereocenters. The Hall–Kier alpha value is -1.68. The third-order valence-electron chi connectivity index (χ3n) is 3.83. The molecule has 4 heteroatoms. The Kier molecular flexibility index (Phi) is 4.11. The molecule has 3 rings (SSSR count). The molecule has 2 aromatic heterocycles. The van der Waals surface area contributed by atoms with Gasteiger partial charge in [0.1, 0.15) is 0 Å². The summed E-state index contributed by atoms with van der Waals surface area (Å²) >= 11 is 1.73. The van der Waals surface area contributed by atoms with E-state index in [1.165, 1.54) is 10.4 Å². The molecule has 0 aliphatic carbocycles. The highest BCUT2D eigenvalue weighted by Crippen LogP contribution is 2.32. The third-order valence-corrected chi connectivity index (χ3v) is 4.77. The Balaban J connectivity index is 1.64. The third kappa shape index (κ3) is 2.90. The van der Waals surface area contributed by atoms with E-state index in [0.717, 1.165) is 25.8 Å². The van der Waals surface area contributed by atoms with Crippen molar-refractivity contribution >= 4 is 17.2 Å². The number of carbonyl (C=O) groups is 1. The van der Waals surface area contributed by atoms with Gasteiger partial charge in [0.25, 0.3) is 0 Å². The van der Waals surface area contributed by atoms with E-state index in [1.54, 1.807) is 11.3 Å². The van der Waals surface area contributed by atoms with Crippen molar-refractivity contribution in [3.8, 4) is 0 Å². The van der Waals surface area contributed by atoms with Crippen molar-refractivity contribution in [1.82, 2.24) is 9.88 Å². The molecule has 1 unspecified atom stereocenters. The van der Waals surface area contributed by atoms with Crippen molar-refractivity contribution < 1.29 is 4.79 Å². The number of hydrogen-bond donors (Lipinski definition) is 0. The van der Waals surface area contributed by atoms with Crippen LogP contribution >= 0.6 is 11.3 Å². The highest BCUT2D eigenvalue weighted by Gasteiger charge is 2.29. The largest absolute Gasteiger partial charge is 0.336 e. The van der Waals surface area contributed by atoms with E-state index in [2.05, 4.69) is 16.4 Å². The summed E-state index contributed by atoms with van der Waals surface area (Å²) in [5, 5.41) is 2.06. The van der Waals surface area contributed by atoms with Gasteiger partial charge in [-0.2, -0.15) is 0 Å². The molecule has 0 radical (unpaired) electrons. The van der Waals surface area contributed by atoms with Crippen LogP contribution in [-0.2, 0) is 11.2 Å². The van der Waals surface area contributed by atoms with Crippen molar-refractivity contribution in [2.75, 3.05) is 6.54 Å². The van der Waals surface area contributed by atoms with Gasteiger partial charge in [0, 0.05) is 30.2 Å². The molecular formula is C16H18N2OS. The second kappa shape index (κ2) is 6.18. The number of nitrogens with zero attached hydrogens (tertiary/aromatic N) is 2. The Morgan fingerprint density at radius 3 is 2.95 bits per heavy atom. The summed E-state index contributed by atoms with van der Waals surface area (Å²) in [6.45, 7) is 0.885. The van der Waals surface area contributed by atoms with Gasteiger partial charge >= 0.3 is 0 Å². The van der Waals surface area contributed by atoms with Gasteiger partial charge in [-0.15, -0.1) is 11.3 Å². The van der Waals surface area contributed by atoms with Gasteiger partial charge in [0.2, 0.25) is 5.91 Å². The van der Waals surface area contributed by atoms with Gasteiger partial charge in [0.05, 0.1) is 6.04 Å². The fourth-order valence-corrected chi connectivity index (χ4v) is 3.53. The Labute approximate surface area is 123 Å². The molecule has 0 aromatic carbocycles. The molecule has 1 aliphatic heterocycles. The minimum absolute atomic E-state index is 0.244. The zero-order valence-corrected chi connectivity index (χ0v) is 12.2. The molecule has 20 heavy (non-hydrogen) atoms. The average molecular weight is 286 g/mol. The summed E-state index contributed by atoms with van der Waals surface area (Å²) in [5.74, 6) is 0.276. The van der Waals surface area contributed by atoms with Crippen LogP contribution in [0.15, 0.2) is 42.0 Å². The molecule has 1 aliphatic rings. The second-order valence-electron chi connectivity index (χ2n) is 5.11. The summed E-state index contributed by atoms with van der Waals surface area (Å²) in [6, 6.07) is 8.43. The number of hydrogen-bond acceptors (Lipinski definition) is 3. The molecule has 0 N–H and O–H groups in total. The topological polar surface area (TPSA) is 33.2 Å². The molecule has 104 valence electrons. The lowest BCUT2D eigenvalue weighted by molar-refractivity contribution is -0.132. The average Bonchev–Trinajstić information content (AvgIpc) is 3.17. The number of aromatic nitrogens is 1. The highest BCUT2D eigenvalue weighted by molar-refractivity contribution is 7.09. The summed E-state index contributed by atoms with van der Waals surface area (Å²) in [6.07, 6.45) is 7.24. The first kappa shape index (κ1) is 13.3. The molecule has 2 aromatic rings. The van der Waals surface area contributed by atoms with Gasteiger partial charge in [0.15, 0.2) is 0 Å². The molecule has 3 nitrogen and oxygen atoms in total. The summed E-state index contributed by atoms with van der Waals surface area (Å²) in [5.41, 5.74) is 1.21. The summed E-state index contributed by atoms with van der Waals surface area (Å²) in [7, 11) is 0. The number of pyridine rings is 1. The standard InChI is InChI=1S/C16H18N2OS/c19-16(6-5-14-3-2-12-20-14)18-11-1-4-15(18)13-7-9-17-10-8-13/h2-3,7-10,12,15H,1,4-6,11H2. The predicted octanol–water partition coefficient (Wildman–Crippen LogP) is 3.44. The van der Waals surface area contributed by atoms with Gasteiger partial charge < -0.3 is 4.90 Å². The molecular weight excluding hydrogens is 268 g/mol. The Morgan fingerprint density at radius 2 is 2.20 bits per heavy atom. The van der Waals surface area contributed by atoms with Gasteiger partial charge in [-0.3, -0.25) is 9.78 Å². The van der Waals surface area contributed by atoms with Crippen molar-refractivity contribution in [1.29, 1.82) is 0 Å². The molecule has 1 fully saturated rings. The number of likely N-dealkylation sites (tertiary alicyclic amines) is 1. The number of thiophene rings is 1. The van der Waals surface area contributed by atoms with Crippen LogP contribution in [0.2, 0.25) is 0 Å². The van der Waals surface area contributed by atoms with Gasteiger partial charge in [-0.25, -0.2) is 0 Å². The number of carbonyl (C=O) groups excluding carboxylic acids is 1. The molecule has 3 heterocycles. The quantitative estimate of drug-likeness (QED) is 0.862. The van der Waals surface area contributed by atoms with Crippen molar-refractivity contribution in [3.05, 3.63) is 52.5 Å². The van der Waals surface area contributed by atoms with E-state index >= 15 is 0 Å². The minimum Gasteiger partial charge on any atom is -0.336 e. The monoisotopic (exact) mass is 286 g/mol. The van der Waals surface area contributed by atoms with E-state index < -0.39 is 0 Å². The molecule has 0 spiro atoms. The van der Waals surface area contributed by atoms with Crippen molar-refractivity contribution in [2.24, 2.45) is 0 Å². The van der Waals surface area contributed by atoms with E-state index in [0.29, 0.717) is 6.42 Å². The lowest BCUT2D eigenvalue weighted by Crippen LogP contribution is -2.30. The fraction of sp³-hybridized carbons (Fsp3) is 0.375. The first-order valence-electron chi connectivity index (χ1n) is 7.06. The smallest absolute Gasteiger partial charge is 0.223 e. The van der Waals surface area contributed by atoms with Crippen LogP contribution in [0.5, 0.6) is 0 Å². The van der Waals surface area contributed by atoms with Gasteiger partial charge in [-0.05, 0) is 48.4 Å². The Bertz CT molecular complexity index is 553. The molecule has 1 saturated heterocycles. The zero-order chi connectivity index (χ0) is 13.8. The molecule has 0 bridgehead atoms. The van der Waals surface area contributed by atoms with E-state index in [-0.39, 0.29) is 11.9 Å². The van der Waals surface area contributed by atoms with Crippen LogP contribution in [0.3, 0.4) is 0 Å². The maximum atomic E-state index is 12.4. The number of rotatable bonds is 4. The first-order valence-corrected chi connectivity index (χ1v) is 7.94. The molecule has 0 saturated carbocycles. The fourth-order valence-electron chi connectivity index (χ4n) is 2.83. The Morgan fingerprint density at radius 1 is 1.35 bits per heavy atom. The van der Waals surface area contributed by atoms with Crippen LogP contribution < -0.4 is 0 Å². The van der Waals surface area contributed by atoms with Crippen LogP contribution in [0.4, 0.5) is 0 Å². The minimum atomic E-state index is 0.244. The lowest BCUT2D eigenvalue weighted by atomic mass is 10.1. The second-order valence-corrected chi connectivity index (χ2v) is 6.14. The van der Waals surface area contributed by atoms with Crippen LogP contribution in [0.1, 0.15) is 35.7 Å². The maximum absolute atomic E-state index is 12.4. The maximum Gasteiger partial charge on any atom is 0.223 e. The summed E-state index contributed by atoms with van der Waals surface area (Å²) in [4.78, 5) is 19.8. The molecule has 1 amide bonds. The summed E-state index contributed by atoms with van der Waals surface area (Å²) < 4.78 is 0. The number of amides is 1. The van der Waals surface area contributed by atoms with E-state index in [4.69, 9.17) is 0 Å². The highest BCUT2D eigenvalue weighted by atomic mass is 32.1. The van der Waals surface area contributed by atoms with E-state index in [1.807, 2.05) is 35.5 Å².